The molecule has 6 heteroatoms. The first-order valence-corrected chi connectivity index (χ1v) is 6.93. The molecule has 2 rings (SSSR count). The lowest BCUT2D eigenvalue weighted by Crippen LogP contribution is -2.32. The molecule has 1 saturated carbocycles. The molecule has 0 bridgehead atoms. The zero-order valence-corrected chi connectivity index (χ0v) is 12.1. The summed E-state index contributed by atoms with van der Waals surface area (Å²) in [6, 6.07) is 0. The van der Waals surface area contributed by atoms with Crippen molar-refractivity contribution in [2.75, 3.05) is 25.6 Å². The topological polar surface area (TPSA) is 67.0 Å². The van der Waals surface area contributed by atoms with Gasteiger partial charge in [-0.05, 0) is 19.8 Å². The molecule has 0 aliphatic heterocycles. The van der Waals surface area contributed by atoms with Crippen LogP contribution in [-0.4, -0.2) is 30.2 Å². The molecule has 106 valence electrons. The minimum Gasteiger partial charge on any atom is -0.384 e. The van der Waals surface area contributed by atoms with Crippen LogP contribution >= 0.6 is 11.6 Å². The molecule has 1 aromatic heterocycles. The lowest BCUT2D eigenvalue weighted by Gasteiger charge is -2.28. The average Bonchev–Trinajstić information content (AvgIpc) is 2.81. The van der Waals surface area contributed by atoms with Crippen LogP contribution in [0, 0.1) is 12.3 Å². The maximum Gasteiger partial charge on any atom is 0.271 e. The van der Waals surface area contributed by atoms with Crippen LogP contribution in [0.4, 0.5) is 5.82 Å². The number of hydrogen-bond donors (Lipinski definition) is 2. The summed E-state index contributed by atoms with van der Waals surface area (Å²) in [5, 5.41) is 3.34. The first-order valence-electron chi connectivity index (χ1n) is 6.56. The number of H-pyrrole nitrogens is 1. The Balaban J connectivity index is 2.11. The van der Waals surface area contributed by atoms with Crippen molar-refractivity contribution in [2.24, 2.45) is 5.41 Å². The number of anilines is 1. The van der Waals surface area contributed by atoms with Gasteiger partial charge in [-0.2, -0.15) is 0 Å². The Hall–Kier alpha value is -1.07. The standard InChI is InChI=1S/C13H20ClN3O2/c1-9-16-11(10(14)12(18)17-9)15-7-13(8-19-2)5-3-4-6-13/h3-8H2,1-2H3,(H2,15,16,17,18). The summed E-state index contributed by atoms with van der Waals surface area (Å²) in [7, 11) is 1.72. The first kappa shape index (κ1) is 14.3. The van der Waals surface area contributed by atoms with Crippen LogP contribution in [0.3, 0.4) is 0 Å². The van der Waals surface area contributed by atoms with Crippen molar-refractivity contribution >= 4 is 17.4 Å². The third-order valence-electron chi connectivity index (χ3n) is 3.73. The second-order valence-corrected chi connectivity index (χ2v) is 5.69. The van der Waals surface area contributed by atoms with Crippen LogP contribution in [0.2, 0.25) is 5.02 Å². The van der Waals surface area contributed by atoms with Gasteiger partial charge in [0.05, 0.1) is 6.61 Å². The maximum absolute atomic E-state index is 11.6. The van der Waals surface area contributed by atoms with Crippen molar-refractivity contribution in [2.45, 2.75) is 32.6 Å². The third-order valence-corrected chi connectivity index (χ3v) is 4.08. The Morgan fingerprint density at radius 1 is 1.47 bits per heavy atom. The molecule has 1 heterocycles. The number of ether oxygens (including phenoxy) is 1. The number of aromatic nitrogens is 2. The minimum absolute atomic E-state index is 0.121. The largest absolute Gasteiger partial charge is 0.384 e. The zero-order valence-electron chi connectivity index (χ0n) is 11.4. The predicted molar refractivity (Wildman–Crippen MR) is 75.9 cm³/mol. The fourth-order valence-corrected chi connectivity index (χ4v) is 2.92. The number of methoxy groups -OCH3 is 1. The van der Waals surface area contributed by atoms with E-state index >= 15 is 0 Å². The van der Waals surface area contributed by atoms with Gasteiger partial charge >= 0.3 is 0 Å². The van der Waals surface area contributed by atoms with Crippen molar-refractivity contribution in [1.82, 2.24) is 9.97 Å². The van der Waals surface area contributed by atoms with Crippen LogP contribution in [0.15, 0.2) is 4.79 Å². The van der Waals surface area contributed by atoms with Crippen molar-refractivity contribution in [1.29, 1.82) is 0 Å². The number of aryl methyl sites for hydroxylation is 1. The molecule has 0 atom stereocenters. The zero-order chi connectivity index (χ0) is 13.9. The van der Waals surface area contributed by atoms with Crippen molar-refractivity contribution in [3.8, 4) is 0 Å². The summed E-state index contributed by atoms with van der Waals surface area (Å²) in [6.45, 7) is 3.19. The lowest BCUT2D eigenvalue weighted by atomic mass is 9.87. The van der Waals surface area contributed by atoms with Crippen molar-refractivity contribution in [3.63, 3.8) is 0 Å². The van der Waals surface area contributed by atoms with Crippen LogP contribution in [0.1, 0.15) is 31.5 Å². The maximum atomic E-state index is 11.6. The lowest BCUT2D eigenvalue weighted by molar-refractivity contribution is 0.0923. The fraction of sp³-hybridized carbons (Fsp3) is 0.692. The molecule has 1 aromatic rings. The molecule has 0 spiro atoms. The van der Waals surface area contributed by atoms with Crippen LogP contribution in [0.25, 0.3) is 0 Å². The Morgan fingerprint density at radius 2 is 2.16 bits per heavy atom. The number of aromatic amines is 1. The molecule has 1 aliphatic carbocycles. The Bertz CT molecular complexity index is 495. The van der Waals surface area contributed by atoms with E-state index in [0.29, 0.717) is 11.6 Å². The molecular formula is C13H20ClN3O2. The third kappa shape index (κ3) is 3.28. The molecule has 0 aromatic carbocycles. The monoisotopic (exact) mass is 285 g/mol. The minimum atomic E-state index is -0.302. The summed E-state index contributed by atoms with van der Waals surface area (Å²) in [5.41, 5.74) is -0.167. The van der Waals surface area contributed by atoms with E-state index in [2.05, 4.69) is 15.3 Å². The summed E-state index contributed by atoms with van der Waals surface area (Å²) < 4.78 is 5.33. The van der Waals surface area contributed by atoms with Crippen molar-refractivity contribution < 1.29 is 4.74 Å². The van der Waals surface area contributed by atoms with E-state index in [0.717, 1.165) is 26.0 Å². The van der Waals surface area contributed by atoms with Gasteiger partial charge in [0, 0.05) is 19.1 Å². The molecule has 19 heavy (non-hydrogen) atoms. The van der Waals surface area contributed by atoms with Crippen LogP contribution < -0.4 is 10.9 Å². The highest BCUT2D eigenvalue weighted by Gasteiger charge is 2.34. The molecule has 5 nitrogen and oxygen atoms in total. The van der Waals surface area contributed by atoms with E-state index in [-0.39, 0.29) is 16.0 Å². The average molecular weight is 286 g/mol. The van der Waals surface area contributed by atoms with Gasteiger partial charge in [-0.3, -0.25) is 4.79 Å². The SMILES string of the molecule is COCC1(CNc2nc(C)[nH]c(=O)c2Cl)CCCC1. The Labute approximate surface area is 117 Å². The van der Waals surface area contributed by atoms with E-state index < -0.39 is 0 Å². The fourth-order valence-electron chi connectivity index (χ4n) is 2.76. The van der Waals surface area contributed by atoms with Crippen LogP contribution in [-0.2, 0) is 4.74 Å². The van der Waals surface area contributed by atoms with Crippen LogP contribution in [0.5, 0.6) is 0 Å². The van der Waals surface area contributed by atoms with E-state index in [1.165, 1.54) is 12.8 Å². The Morgan fingerprint density at radius 3 is 2.79 bits per heavy atom. The van der Waals surface area contributed by atoms with E-state index in [1.807, 2.05) is 0 Å². The quantitative estimate of drug-likeness (QED) is 0.871. The molecule has 2 N–H and O–H groups in total. The highest BCUT2D eigenvalue weighted by molar-refractivity contribution is 6.32. The normalized spacial score (nSPS) is 17.6. The van der Waals surface area contributed by atoms with Gasteiger partial charge in [-0.1, -0.05) is 24.4 Å². The highest BCUT2D eigenvalue weighted by Crippen LogP contribution is 2.38. The number of nitrogens with one attached hydrogen (secondary N) is 2. The van der Waals surface area contributed by atoms with Gasteiger partial charge < -0.3 is 15.0 Å². The molecule has 1 aliphatic rings. The van der Waals surface area contributed by atoms with E-state index in [9.17, 15) is 4.79 Å². The summed E-state index contributed by atoms with van der Waals surface area (Å²) in [6.07, 6.45) is 4.71. The smallest absolute Gasteiger partial charge is 0.271 e. The molecular weight excluding hydrogens is 266 g/mol. The van der Waals surface area contributed by atoms with Gasteiger partial charge in [-0.15, -0.1) is 0 Å². The predicted octanol–water partition coefficient (Wildman–Crippen LogP) is 2.35. The Kier molecular flexibility index (Phi) is 4.47. The number of rotatable bonds is 5. The van der Waals surface area contributed by atoms with Crippen molar-refractivity contribution in [3.05, 3.63) is 21.2 Å². The summed E-state index contributed by atoms with van der Waals surface area (Å²) in [5.74, 6) is 1.02. The highest BCUT2D eigenvalue weighted by atomic mass is 35.5. The molecule has 0 radical (unpaired) electrons. The molecule has 1 fully saturated rings. The van der Waals surface area contributed by atoms with Gasteiger partial charge in [0.25, 0.3) is 5.56 Å². The number of halogens is 1. The van der Waals surface area contributed by atoms with Gasteiger partial charge in [0.15, 0.2) is 5.82 Å². The molecule has 0 saturated heterocycles. The molecule has 0 amide bonds. The van der Waals surface area contributed by atoms with E-state index in [1.54, 1.807) is 14.0 Å². The van der Waals surface area contributed by atoms with Gasteiger partial charge in [0.2, 0.25) is 0 Å². The summed E-state index contributed by atoms with van der Waals surface area (Å²) in [4.78, 5) is 18.4. The second kappa shape index (κ2) is 5.92. The first-order chi connectivity index (χ1) is 9.06. The van der Waals surface area contributed by atoms with Gasteiger partial charge in [0.1, 0.15) is 10.8 Å². The second-order valence-electron chi connectivity index (χ2n) is 5.31. The number of nitrogens with zero attached hydrogens (tertiary/aromatic N) is 1. The number of hydrogen-bond acceptors (Lipinski definition) is 4. The summed E-state index contributed by atoms with van der Waals surface area (Å²) >= 11 is 5.97. The van der Waals surface area contributed by atoms with Gasteiger partial charge in [-0.25, -0.2) is 4.98 Å². The van der Waals surface area contributed by atoms with E-state index in [4.69, 9.17) is 16.3 Å². The molecule has 0 unspecified atom stereocenters.